The Kier molecular flexibility index (Phi) is 5.26. The van der Waals surface area contributed by atoms with E-state index in [-0.39, 0.29) is 24.9 Å². The molecule has 128 valence electrons. The minimum absolute atomic E-state index is 0.00144. The first-order chi connectivity index (χ1) is 12.1. The Labute approximate surface area is 144 Å². The van der Waals surface area contributed by atoms with Crippen molar-refractivity contribution in [2.75, 3.05) is 13.2 Å². The highest BCUT2D eigenvalue weighted by atomic mass is 19.1. The van der Waals surface area contributed by atoms with Crippen LogP contribution in [0.5, 0.6) is 5.75 Å². The Balaban J connectivity index is 1.55. The van der Waals surface area contributed by atoms with Crippen LogP contribution in [0.25, 0.3) is 10.8 Å². The molecule has 5 heteroatoms. The summed E-state index contributed by atoms with van der Waals surface area (Å²) in [6.07, 6.45) is -0.871. The van der Waals surface area contributed by atoms with E-state index in [1.165, 1.54) is 24.3 Å². The van der Waals surface area contributed by atoms with Crippen LogP contribution < -0.4 is 10.1 Å². The van der Waals surface area contributed by atoms with Gasteiger partial charge in [0.2, 0.25) is 0 Å². The summed E-state index contributed by atoms with van der Waals surface area (Å²) < 4.78 is 18.2. The number of carbonyl (C=O) groups excluding carboxylic acids is 1. The SMILES string of the molecule is O=C(NCC(O)COc1ccc(F)cc1)c1cccc2ccccc12. The van der Waals surface area contributed by atoms with E-state index in [2.05, 4.69) is 5.32 Å². The Hall–Kier alpha value is -2.92. The maximum Gasteiger partial charge on any atom is 0.252 e. The number of nitrogens with one attached hydrogen (secondary N) is 1. The van der Waals surface area contributed by atoms with Crippen molar-refractivity contribution >= 4 is 16.7 Å². The number of aliphatic hydroxyl groups excluding tert-OH is 1. The van der Waals surface area contributed by atoms with E-state index in [1.54, 1.807) is 6.07 Å². The zero-order valence-corrected chi connectivity index (χ0v) is 13.5. The number of rotatable bonds is 6. The van der Waals surface area contributed by atoms with Gasteiger partial charge in [-0.25, -0.2) is 4.39 Å². The number of benzene rings is 3. The van der Waals surface area contributed by atoms with Crippen molar-refractivity contribution in [2.45, 2.75) is 6.10 Å². The lowest BCUT2D eigenvalue weighted by Crippen LogP contribution is -2.35. The van der Waals surface area contributed by atoms with Crippen molar-refractivity contribution in [1.29, 1.82) is 0 Å². The van der Waals surface area contributed by atoms with Gasteiger partial charge in [0.1, 0.15) is 24.3 Å². The molecule has 0 fully saturated rings. The molecule has 0 radical (unpaired) electrons. The van der Waals surface area contributed by atoms with Gasteiger partial charge in [0, 0.05) is 12.1 Å². The van der Waals surface area contributed by atoms with Crippen molar-refractivity contribution in [3.63, 3.8) is 0 Å². The lowest BCUT2D eigenvalue weighted by atomic mass is 10.0. The topological polar surface area (TPSA) is 58.6 Å². The molecule has 0 aliphatic carbocycles. The molecule has 1 amide bonds. The molecule has 0 saturated heterocycles. The minimum atomic E-state index is -0.871. The number of amides is 1. The number of hydrogen-bond acceptors (Lipinski definition) is 3. The van der Waals surface area contributed by atoms with Crippen LogP contribution in [0.2, 0.25) is 0 Å². The van der Waals surface area contributed by atoms with Crippen molar-refractivity contribution in [2.24, 2.45) is 0 Å². The van der Waals surface area contributed by atoms with Gasteiger partial charge < -0.3 is 15.2 Å². The third-order valence-electron chi connectivity index (χ3n) is 3.79. The van der Waals surface area contributed by atoms with Crippen LogP contribution in [-0.4, -0.2) is 30.3 Å². The highest BCUT2D eigenvalue weighted by Gasteiger charge is 2.12. The smallest absolute Gasteiger partial charge is 0.252 e. The Morgan fingerprint density at radius 1 is 1.04 bits per heavy atom. The molecule has 3 aromatic rings. The van der Waals surface area contributed by atoms with E-state index >= 15 is 0 Å². The van der Waals surface area contributed by atoms with E-state index in [0.717, 1.165) is 10.8 Å². The normalized spacial score (nSPS) is 11.9. The summed E-state index contributed by atoms with van der Waals surface area (Å²) in [4.78, 5) is 12.4. The molecule has 0 saturated carbocycles. The Bertz CT molecular complexity index is 859. The summed E-state index contributed by atoms with van der Waals surface area (Å²) in [5, 5.41) is 14.5. The highest BCUT2D eigenvalue weighted by Crippen LogP contribution is 2.18. The summed E-state index contributed by atoms with van der Waals surface area (Å²) in [5.74, 6) is -0.145. The first kappa shape index (κ1) is 16.9. The molecule has 0 aromatic heterocycles. The molecule has 0 heterocycles. The lowest BCUT2D eigenvalue weighted by molar-refractivity contribution is 0.0845. The minimum Gasteiger partial charge on any atom is -0.491 e. The number of fused-ring (bicyclic) bond motifs is 1. The molecule has 0 bridgehead atoms. The van der Waals surface area contributed by atoms with E-state index in [9.17, 15) is 14.3 Å². The molecule has 25 heavy (non-hydrogen) atoms. The maximum atomic E-state index is 12.8. The fourth-order valence-electron chi connectivity index (χ4n) is 2.51. The molecule has 0 spiro atoms. The van der Waals surface area contributed by atoms with Crippen LogP contribution in [0.1, 0.15) is 10.4 Å². The van der Waals surface area contributed by atoms with Gasteiger partial charge in [0.05, 0.1) is 0 Å². The van der Waals surface area contributed by atoms with Crippen LogP contribution in [0.4, 0.5) is 4.39 Å². The van der Waals surface area contributed by atoms with Gasteiger partial charge in [-0.15, -0.1) is 0 Å². The zero-order valence-electron chi connectivity index (χ0n) is 13.5. The summed E-state index contributed by atoms with van der Waals surface area (Å²) in [7, 11) is 0. The van der Waals surface area contributed by atoms with Crippen molar-refractivity contribution in [1.82, 2.24) is 5.32 Å². The second-order valence-corrected chi connectivity index (χ2v) is 5.66. The third-order valence-corrected chi connectivity index (χ3v) is 3.79. The molecule has 3 aromatic carbocycles. The summed E-state index contributed by atoms with van der Waals surface area (Å²) in [6.45, 7) is 0.0602. The average Bonchev–Trinajstić information content (AvgIpc) is 2.65. The van der Waals surface area contributed by atoms with Crippen molar-refractivity contribution in [3.8, 4) is 5.75 Å². The molecule has 3 rings (SSSR count). The van der Waals surface area contributed by atoms with Gasteiger partial charge in [-0.3, -0.25) is 4.79 Å². The number of halogens is 1. The molecule has 1 atom stereocenters. The monoisotopic (exact) mass is 339 g/mol. The number of aliphatic hydroxyl groups is 1. The predicted octanol–water partition coefficient (Wildman–Crippen LogP) is 3.15. The Morgan fingerprint density at radius 3 is 2.56 bits per heavy atom. The standard InChI is InChI=1S/C20H18FNO3/c21-15-8-10-17(11-9-15)25-13-16(23)12-22-20(24)19-7-3-5-14-4-1-2-6-18(14)19/h1-11,16,23H,12-13H2,(H,22,24). The quantitative estimate of drug-likeness (QED) is 0.725. The number of carbonyl (C=O) groups is 1. The van der Waals surface area contributed by atoms with Gasteiger partial charge in [0.25, 0.3) is 5.91 Å². The first-order valence-electron chi connectivity index (χ1n) is 7.96. The highest BCUT2D eigenvalue weighted by molar-refractivity contribution is 6.06. The van der Waals surface area contributed by atoms with Crippen LogP contribution in [0.15, 0.2) is 66.7 Å². The fourth-order valence-corrected chi connectivity index (χ4v) is 2.51. The third kappa shape index (κ3) is 4.33. The summed E-state index contributed by atoms with van der Waals surface area (Å²) in [6, 6.07) is 18.7. The summed E-state index contributed by atoms with van der Waals surface area (Å²) in [5.41, 5.74) is 0.560. The van der Waals surface area contributed by atoms with Gasteiger partial charge in [-0.1, -0.05) is 36.4 Å². The van der Waals surface area contributed by atoms with Crippen LogP contribution in [0.3, 0.4) is 0 Å². The second-order valence-electron chi connectivity index (χ2n) is 5.66. The summed E-state index contributed by atoms with van der Waals surface area (Å²) >= 11 is 0. The number of hydrogen-bond donors (Lipinski definition) is 2. The molecule has 0 aliphatic heterocycles. The van der Waals surface area contributed by atoms with Gasteiger partial charge in [0.15, 0.2) is 0 Å². The van der Waals surface area contributed by atoms with Crippen LogP contribution in [-0.2, 0) is 0 Å². The predicted molar refractivity (Wildman–Crippen MR) is 94.2 cm³/mol. The number of ether oxygens (including phenoxy) is 1. The van der Waals surface area contributed by atoms with Gasteiger partial charge >= 0.3 is 0 Å². The lowest BCUT2D eigenvalue weighted by Gasteiger charge is -2.14. The first-order valence-corrected chi connectivity index (χ1v) is 7.96. The molecule has 1 unspecified atom stereocenters. The van der Waals surface area contributed by atoms with Gasteiger partial charge in [-0.2, -0.15) is 0 Å². The maximum absolute atomic E-state index is 12.8. The molecule has 2 N–H and O–H groups in total. The van der Waals surface area contributed by atoms with E-state index in [4.69, 9.17) is 4.74 Å². The van der Waals surface area contributed by atoms with Crippen molar-refractivity contribution in [3.05, 3.63) is 78.1 Å². The molecular formula is C20H18FNO3. The van der Waals surface area contributed by atoms with Gasteiger partial charge in [-0.05, 0) is 41.1 Å². The van der Waals surface area contributed by atoms with E-state index in [0.29, 0.717) is 11.3 Å². The largest absolute Gasteiger partial charge is 0.491 e. The molecular weight excluding hydrogens is 321 g/mol. The zero-order chi connectivity index (χ0) is 17.6. The average molecular weight is 339 g/mol. The fraction of sp³-hybridized carbons (Fsp3) is 0.150. The van der Waals surface area contributed by atoms with Crippen LogP contribution in [0, 0.1) is 5.82 Å². The Morgan fingerprint density at radius 2 is 1.76 bits per heavy atom. The van der Waals surface area contributed by atoms with Crippen molar-refractivity contribution < 1.29 is 19.0 Å². The van der Waals surface area contributed by atoms with E-state index < -0.39 is 6.10 Å². The van der Waals surface area contributed by atoms with Crippen LogP contribution >= 0.6 is 0 Å². The molecule has 0 aliphatic rings. The van der Waals surface area contributed by atoms with E-state index in [1.807, 2.05) is 36.4 Å². The second kappa shape index (κ2) is 7.77. The molecule has 4 nitrogen and oxygen atoms in total.